The second kappa shape index (κ2) is 8.07. The lowest BCUT2D eigenvalue weighted by molar-refractivity contribution is -0.274. The molecule has 2 aliphatic rings. The molecule has 1 aromatic carbocycles. The van der Waals surface area contributed by atoms with Crippen molar-refractivity contribution in [3.8, 4) is 5.75 Å². The minimum Gasteiger partial charge on any atom is -0.405 e. The fourth-order valence-corrected chi connectivity index (χ4v) is 3.55. The molecule has 3 rings (SSSR count). The Morgan fingerprint density at radius 1 is 1.21 bits per heavy atom. The monoisotopic (exact) mass is 399 g/mol. The van der Waals surface area contributed by atoms with Crippen molar-refractivity contribution in [1.82, 2.24) is 15.5 Å². The summed E-state index contributed by atoms with van der Waals surface area (Å²) in [6, 6.07) is 4.59. The third-order valence-electron chi connectivity index (χ3n) is 4.88. The van der Waals surface area contributed by atoms with Crippen LogP contribution in [0.25, 0.3) is 0 Å². The van der Waals surface area contributed by atoms with Gasteiger partial charge in [-0.25, -0.2) is 4.79 Å². The van der Waals surface area contributed by atoms with E-state index in [1.165, 1.54) is 18.2 Å². The van der Waals surface area contributed by atoms with E-state index in [-0.39, 0.29) is 30.0 Å². The normalized spacial score (nSPS) is 22.3. The lowest BCUT2D eigenvalue weighted by atomic mass is 9.82. The summed E-state index contributed by atoms with van der Waals surface area (Å²) in [4.78, 5) is 37.7. The molecular weight excluding hydrogens is 379 g/mol. The van der Waals surface area contributed by atoms with Crippen molar-refractivity contribution in [3.63, 3.8) is 0 Å². The number of hydrogen-bond acceptors (Lipinski definition) is 4. The highest BCUT2D eigenvalue weighted by Gasteiger charge is 2.42. The highest BCUT2D eigenvalue weighted by atomic mass is 19.4. The summed E-state index contributed by atoms with van der Waals surface area (Å²) in [6.07, 6.45) is -1.63. The predicted molar refractivity (Wildman–Crippen MR) is 91.0 cm³/mol. The molecule has 152 valence electrons. The maximum Gasteiger partial charge on any atom is 0.573 e. The number of carbonyl (C=O) groups is 3. The van der Waals surface area contributed by atoms with Gasteiger partial charge in [0, 0.05) is 18.2 Å². The molecule has 0 bridgehead atoms. The van der Waals surface area contributed by atoms with Gasteiger partial charge in [0.1, 0.15) is 12.3 Å². The molecule has 1 aliphatic heterocycles. The number of alkyl halides is 3. The Morgan fingerprint density at radius 3 is 2.68 bits per heavy atom. The van der Waals surface area contributed by atoms with Gasteiger partial charge in [0.15, 0.2) is 0 Å². The maximum atomic E-state index is 12.5. The first-order valence-corrected chi connectivity index (χ1v) is 8.97. The largest absolute Gasteiger partial charge is 0.573 e. The molecule has 2 N–H and O–H groups in total. The number of imide groups is 1. The van der Waals surface area contributed by atoms with Crippen molar-refractivity contribution in [2.75, 3.05) is 6.54 Å². The number of benzene rings is 1. The number of para-hydroxylation sites is 1. The van der Waals surface area contributed by atoms with E-state index in [4.69, 9.17) is 0 Å². The topological polar surface area (TPSA) is 87.7 Å². The van der Waals surface area contributed by atoms with Crippen LogP contribution >= 0.6 is 0 Å². The van der Waals surface area contributed by atoms with Gasteiger partial charge < -0.3 is 15.4 Å². The lowest BCUT2D eigenvalue weighted by Gasteiger charge is -2.39. The average Bonchev–Trinajstić information content (AvgIpc) is 2.63. The Bertz CT molecular complexity index is 769. The van der Waals surface area contributed by atoms with E-state index in [9.17, 15) is 27.6 Å². The maximum absolute atomic E-state index is 12.5. The molecule has 7 nitrogen and oxygen atoms in total. The van der Waals surface area contributed by atoms with E-state index >= 15 is 0 Å². The number of hydrogen-bond donors (Lipinski definition) is 2. The van der Waals surface area contributed by atoms with Crippen molar-refractivity contribution in [3.05, 3.63) is 29.8 Å². The molecule has 2 fully saturated rings. The molecule has 10 heteroatoms. The van der Waals surface area contributed by atoms with Crippen LogP contribution in [0.15, 0.2) is 24.3 Å². The quantitative estimate of drug-likeness (QED) is 0.796. The van der Waals surface area contributed by atoms with Gasteiger partial charge in [0.2, 0.25) is 11.8 Å². The van der Waals surface area contributed by atoms with E-state index in [1.54, 1.807) is 0 Å². The van der Waals surface area contributed by atoms with Crippen LogP contribution < -0.4 is 15.4 Å². The fraction of sp³-hybridized carbons (Fsp3) is 0.500. The number of urea groups is 1. The third kappa shape index (κ3) is 4.73. The van der Waals surface area contributed by atoms with Gasteiger partial charge in [-0.3, -0.25) is 14.5 Å². The zero-order valence-electron chi connectivity index (χ0n) is 14.9. The zero-order valence-corrected chi connectivity index (χ0v) is 14.9. The van der Waals surface area contributed by atoms with Crippen LogP contribution in [0.4, 0.5) is 18.0 Å². The summed E-state index contributed by atoms with van der Waals surface area (Å²) in [5.41, 5.74) is 0.120. The molecule has 1 heterocycles. The number of carbonyl (C=O) groups excluding carboxylic acids is 3. The number of halogens is 3. The zero-order chi connectivity index (χ0) is 20.3. The highest BCUT2D eigenvalue weighted by Crippen LogP contribution is 2.29. The van der Waals surface area contributed by atoms with Crippen molar-refractivity contribution in [2.45, 2.75) is 44.6 Å². The number of rotatable bonds is 5. The van der Waals surface area contributed by atoms with Gasteiger partial charge in [0.25, 0.3) is 0 Å². The summed E-state index contributed by atoms with van der Waals surface area (Å²) in [7, 11) is 0. The Balaban J connectivity index is 1.59. The van der Waals surface area contributed by atoms with Crippen LogP contribution in [0.2, 0.25) is 0 Å². The second-order valence-electron chi connectivity index (χ2n) is 6.80. The van der Waals surface area contributed by atoms with E-state index < -0.39 is 30.6 Å². The highest BCUT2D eigenvalue weighted by molar-refractivity contribution is 6.01. The van der Waals surface area contributed by atoms with Crippen molar-refractivity contribution < 1.29 is 32.3 Å². The molecule has 1 saturated carbocycles. The molecule has 0 radical (unpaired) electrons. The Morgan fingerprint density at radius 2 is 1.93 bits per heavy atom. The predicted octanol–water partition coefficient (Wildman–Crippen LogP) is 2.31. The molecule has 4 amide bonds. The van der Waals surface area contributed by atoms with Crippen LogP contribution in [0.3, 0.4) is 0 Å². The first kappa shape index (κ1) is 20.0. The van der Waals surface area contributed by atoms with Crippen molar-refractivity contribution in [2.24, 2.45) is 5.92 Å². The lowest BCUT2D eigenvalue weighted by Crippen LogP contribution is -2.62. The standard InChI is InChI=1S/C18H20F3N3O4/c19-18(20,21)28-14-8-4-1-5-11(14)9-22-15(25)10-24-16(26)12-6-2-3-7-13(12)23-17(24)27/h1,4-5,8,12-13H,2-3,6-7,9-10H2,(H,22,25)(H,23,27). The van der Waals surface area contributed by atoms with E-state index in [0.717, 1.165) is 30.2 Å². The number of ether oxygens (including phenoxy) is 1. The van der Waals surface area contributed by atoms with Crippen molar-refractivity contribution >= 4 is 17.8 Å². The van der Waals surface area contributed by atoms with Crippen LogP contribution in [-0.2, 0) is 16.1 Å². The number of amides is 4. The summed E-state index contributed by atoms with van der Waals surface area (Å²) < 4.78 is 41.3. The molecule has 1 saturated heterocycles. The number of nitrogens with zero attached hydrogens (tertiary/aromatic N) is 1. The van der Waals surface area contributed by atoms with Crippen molar-refractivity contribution in [1.29, 1.82) is 0 Å². The summed E-state index contributed by atoms with van der Waals surface area (Å²) in [6.45, 7) is -0.725. The summed E-state index contributed by atoms with van der Waals surface area (Å²) in [5, 5.41) is 5.18. The van der Waals surface area contributed by atoms with Gasteiger partial charge in [-0.15, -0.1) is 13.2 Å². The molecule has 0 spiro atoms. The van der Waals surface area contributed by atoms with Gasteiger partial charge in [-0.1, -0.05) is 31.0 Å². The third-order valence-corrected chi connectivity index (χ3v) is 4.88. The minimum absolute atomic E-state index is 0.120. The molecular formula is C18H20F3N3O4. The molecule has 2 atom stereocenters. The van der Waals surface area contributed by atoms with E-state index in [0.29, 0.717) is 6.42 Å². The van der Waals surface area contributed by atoms with Crippen LogP contribution in [0, 0.1) is 5.92 Å². The van der Waals surface area contributed by atoms with E-state index in [1.807, 2.05) is 0 Å². The van der Waals surface area contributed by atoms with Gasteiger partial charge in [0.05, 0.1) is 5.92 Å². The molecule has 2 unspecified atom stereocenters. The molecule has 28 heavy (non-hydrogen) atoms. The van der Waals surface area contributed by atoms with Gasteiger partial charge in [-0.05, 0) is 18.9 Å². The Kier molecular flexibility index (Phi) is 5.76. The average molecular weight is 399 g/mol. The fourth-order valence-electron chi connectivity index (χ4n) is 3.55. The first-order chi connectivity index (χ1) is 13.2. The van der Waals surface area contributed by atoms with Crippen LogP contribution in [0.5, 0.6) is 5.75 Å². The summed E-state index contributed by atoms with van der Waals surface area (Å²) >= 11 is 0. The molecule has 1 aliphatic carbocycles. The van der Waals surface area contributed by atoms with Crippen LogP contribution in [-0.4, -0.2) is 41.7 Å². The van der Waals surface area contributed by atoms with Gasteiger partial charge in [-0.2, -0.15) is 0 Å². The molecule has 0 aromatic heterocycles. The molecule has 1 aromatic rings. The second-order valence-corrected chi connectivity index (χ2v) is 6.80. The Hall–Kier alpha value is -2.78. The van der Waals surface area contributed by atoms with E-state index in [2.05, 4.69) is 15.4 Å². The first-order valence-electron chi connectivity index (χ1n) is 8.97. The number of fused-ring (bicyclic) bond motifs is 1. The summed E-state index contributed by atoms with van der Waals surface area (Å²) in [5.74, 6) is -1.80. The SMILES string of the molecule is O=C(CN1C(=O)NC2CCCCC2C1=O)NCc1ccccc1OC(F)(F)F. The number of nitrogens with one attached hydrogen (secondary N) is 2. The Labute approximate surface area is 159 Å². The van der Waals surface area contributed by atoms with Crippen LogP contribution in [0.1, 0.15) is 31.2 Å². The smallest absolute Gasteiger partial charge is 0.405 e. The minimum atomic E-state index is -4.85. The van der Waals surface area contributed by atoms with Gasteiger partial charge >= 0.3 is 12.4 Å².